The highest BCUT2D eigenvalue weighted by Gasteiger charge is 2.58. The maximum atomic E-state index is 10.8. The highest BCUT2D eigenvalue weighted by Crippen LogP contribution is 2.49. The molecule has 2 heterocycles. The minimum atomic E-state index is -1.54. The van der Waals surface area contributed by atoms with E-state index in [2.05, 4.69) is 13.8 Å². The van der Waals surface area contributed by atoms with Crippen molar-refractivity contribution in [2.45, 2.75) is 63.8 Å². The standard InChI is InChI=1S/C15H26O7/c1-8(2)14-9-4-10(20-6-12(16)17)15(3,22-14)11(5-9)21-7-13(18)19/h8-12,14,16-17H,4-7H2,1-3H3,(H,18,19). The van der Waals surface area contributed by atoms with E-state index in [1.807, 2.05) is 6.92 Å². The topological polar surface area (TPSA) is 105 Å². The normalized spacial score (nSPS) is 38.0. The zero-order valence-electron chi connectivity index (χ0n) is 13.3. The van der Waals surface area contributed by atoms with Crippen molar-refractivity contribution >= 4 is 5.97 Å². The maximum Gasteiger partial charge on any atom is 0.329 e. The first kappa shape index (κ1) is 17.6. The molecule has 0 radical (unpaired) electrons. The maximum absolute atomic E-state index is 10.8. The molecule has 3 rings (SSSR count). The molecular formula is C15H26O7. The molecule has 0 aromatic rings. The first-order chi connectivity index (χ1) is 10.2. The number of ether oxygens (including phenoxy) is 3. The SMILES string of the molecule is CC(C)C1OC2(C)C(OCC(=O)O)CC1CC2OCC(O)O. The van der Waals surface area contributed by atoms with Crippen LogP contribution >= 0.6 is 0 Å². The van der Waals surface area contributed by atoms with Gasteiger partial charge in [0.1, 0.15) is 12.2 Å². The highest BCUT2D eigenvalue weighted by atomic mass is 16.6. The van der Waals surface area contributed by atoms with Gasteiger partial charge in [0.15, 0.2) is 6.29 Å². The number of hydrogen-bond donors (Lipinski definition) is 3. The third kappa shape index (κ3) is 3.60. The Morgan fingerprint density at radius 1 is 1.27 bits per heavy atom. The van der Waals surface area contributed by atoms with Gasteiger partial charge in [0.05, 0.1) is 24.9 Å². The Kier molecular flexibility index (Phi) is 5.45. The molecule has 7 heteroatoms. The molecule has 0 amide bonds. The molecule has 0 aromatic heterocycles. The summed E-state index contributed by atoms with van der Waals surface area (Å²) in [7, 11) is 0. The van der Waals surface area contributed by atoms with Crippen LogP contribution in [-0.2, 0) is 19.0 Å². The summed E-state index contributed by atoms with van der Waals surface area (Å²) in [6.45, 7) is 5.47. The van der Waals surface area contributed by atoms with E-state index in [1.165, 1.54) is 0 Å². The monoisotopic (exact) mass is 318 g/mol. The summed E-state index contributed by atoms with van der Waals surface area (Å²) in [4.78, 5) is 10.8. The number of carbonyl (C=O) groups is 1. The van der Waals surface area contributed by atoms with Crippen molar-refractivity contribution in [3.63, 3.8) is 0 Å². The van der Waals surface area contributed by atoms with Gasteiger partial charge in [-0.2, -0.15) is 0 Å². The second kappa shape index (κ2) is 6.80. The van der Waals surface area contributed by atoms with Gasteiger partial charge in [-0.05, 0) is 31.6 Å². The fraction of sp³-hybridized carbons (Fsp3) is 0.933. The van der Waals surface area contributed by atoms with Crippen LogP contribution in [-0.4, -0.2) is 64.7 Å². The molecule has 3 aliphatic rings. The minimum Gasteiger partial charge on any atom is -0.480 e. The predicted octanol–water partition coefficient (Wildman–Crippen LogP) is 0.376. The fourth-order valence-electron chi connectivity index (χ4n) is 3.65. The Hall–Kier alpha value is -0.730. The van der Waals surface area contributed by atoms with E-state index in [9.17, 15) is 4.79 Å². The quantitative estimate of drug-likeness (QED) is 0.583. The summed E-state index contributed by atoms with van der Waals surface area (Å²) in [5.41, 5.74) is -0.784. The van der Waals surface area contributed by atoms with Gasteiger partial charge in [-0.3, -0.25) is 0 Å². The number of aliphatic hydroxyl groups excluding tert-OH is 1. The molecule has 7 nitrogen and oxygen atoms in total. The first-order valence-corrected chi connectivity index (χ1v) is 7.73. The van der Waals surface area contributed by atoms with Crippen LogP contribution in [0.3, 0.4) is 0 Å². The molecule has 1 saturated carbocycles. The molecule has 5 atom stereocenters. The molecular weight excluding hydrogens is 292 g/mol. The van der Waals surface area contributed by atoms with Crippen LogP contribution in [0.25, 0.3) is 0 Å². The largest absolute Gasteiger partial charge is 0.480 e. The van der Waals surface area contributed by atoms with Crippen molar-refractivity contribution in [3.8, 4) is 0 Å². The van der Waals surface area contributed by atoms with Crippen molar-refractivity contribution in [2.24, 2.45) is 11.8 Å². The average Bonchev–Trinajstić information content (AvgIpc) is 2.42. The van der Waals surface area contributed by atoms with Crippen LogP contribution in [0.2, 0.25) is 0 Å². The van der Waals surface area contributed by atoms with Crippen molar-refractivity contribution in [3.05, 3.63) is 0 Å². The van der Waals surface area contributed by atoms with Crippen LogP contribution in [0.15, 0.2) is 0 Å². The summed E-state index contributed by atoms with van der Waals surface area (Å²) in [6, 6.07) is 0. The fourth-order valence-corrected chi connectivity index (χ4v) is 3.65. The third-order valence-corrected chi connectivity index (χ3v) is 4.68. The van der Waals surface area contributed by atoms with Gasteiger partial charge >= 0.3 is 5.97 Å². The lowest BCUT2D eigenvalue weighted by atomic mass is 9.67. The Bertz CT molecular complexity index is 397. The number of hydrogen-bond acceptors (Lipinski definition) is 6. The van der Waals surface area contributed by atoms with Crippen molar-refractivity contribution in [1.29, 1.82) is 0 Å². The van der Waals surface area contributed by atoms with Crippen molar-refractivity contribution in [1.82, 2.24) is 0 Å². The van der Waals surface area contributed by atoms with Gasteiger partial charge in [0, 0.05) is 0 Å². The summed E-state index contributed by atoms with van der Waals surface area (Å²) in [5, 5.41) is 26.8. The molecule has 2 aliphatic heterocycles. The van der Waals surface area contributed by atoms with E-state index in [4.69, 9.17) is 29.5 Å². The Morgan fingerprint density at radius 3 is 2.36 bits per heavy atom. The summed E-state index contributed by atoms with van der Waals surface area (Å²) >= 11 is 0. The molecule has 2 saturated heterocycles. The number of aliphatic carboxylic acids is 1. The lowest BCUT2D eigenvalue weighted by Gasteiger charge is -2.58. The van der Waals surface area contributed by atoms with Crippen LogP contribution in [0, 0.1) is 11.8 Å². The van der Waals surface area contributed by atoms with E-state index in [0.29, 0.717) is 5.92 Å². The van der Waals surface area contributed by atoms with Gasteiger partial charge in [-0.15, -0.1) is 0 Å². The first-order valence-electron chi connectivity index (χ1n) is 7.73. The van der Waals surface area contributed by atoms with Crippen LogP contribution in [0.1, 0.15) is 33.6 Å². The van der Waals surface area contributed by atoms with Gasteiger partial charge < -0.3 is 29.5 Å². The zero-order chi connectivity index (χ0) is 16.5. The zero-order valence-corrected chi connectivity index (χ0v) is 13.3. The number of fused-ring (bicyclic) bond motifs is 3. The summed E-state index contributed by atoms with van der Waals surface area (Å²) in [5.74, 6) is -0.468. The van der Waals surface area contributed by atoms with Crippen molar-refractivity contribution in [2.75, 3.05) is 13.2 Å². The molecule has 0 aromatic carbocycles. The number of aliphatic hydroxyl groups is 2. The van der Waals surface area contributed by atoms with E-state index in [0.717, 1.165) is 12.8 Å². The van der Waals surface area contributed by atoms with Gasteiger partial charge in [-0.1, -0.05) is 13.8 Å². The van der Waals surface area contributed by atoms with E-state index < -0.39 is 17.9 Å². The summed E-state index contributed by atoms with van der Waals surface area (Å²) in [6.07, 6.45) is -0.704. The van der Waals surface area contributed by atoms with Gasteiger partial charge in [0.25, 0.3) is 0 Å². The Balaban J connectivity index is 2.12. The van der Waals surface area contributed by atoms with Crippen molar-refractivity contribution < 1.29 is 34.3 Å². The molecule has 3 fully saturated rings. The molecule has 1 aliphatic carbocycles. The van der Waals surface area contributed by atoms with Gasteiger partial charge in [0.2, 0.25) is 0 Å². The molecule has 0 spiro atoms. The number of rotatable bonds is 7. The third-order valence-electron chi connectivity index (χ3n) is 4.68. The lowest BCUT2D eigenvalue weighted by molar-refractivity contribution is -0.309. The van der Waals surface area contributed by atoms with E-state index in [1.54, 1.807) is 0 Å². The number of carboxylic acids is 1. The van der Waals surface area contributed by atoms with E-state index in [-0.39, 0.29) is 37.4 Å². The second-order valence-corrected chi connectivity index (χ2v) is 6.74. The molecule has 3 N–H and O–H groups in total. The molecule has 22 heavy (non-hydrogen) atoms. The van der Waals surface area contributed by atoms with E-state index >= 15 is 0 Å². The van der Waals surface area contributed by atoms with Crippen LogP contribution < -0.4 is 0 Å². The lowest BCUT2D eigenvalue weighted by Crippen LogP contribution is -2.67. The minimum absolute atomic E-state index is 0.0774. The summed E-state index contributed by atoms with van der Waals surface area (Å²) < 4.78 is 17.3. The van der Waals surface area contributed by atoms with Crippen LogP contribution in [0.4, 0.5) is 0 Å². The average molecular weight is 318 g/mol. The number of carboxylic acid groups (broad SMARTS) is 1. The van der Waals surface area contributed by atoms with Gasteiger partial charge in [-0.25, -0.2) is 4.79 Å². The molecule has 128 valence electrons. The highest BCUT2D eigenvalue weighted by molar-refractivity contribution is 5.68. The second-order valence-electron chi connectivity index (χ2n) is 6.74. The molecule has 5 unspecified atom stereocenters. The Morgan fingerprint density at radius 2 is 1.86 bits per heavy atom. The molecule has 2 bridgehead atoms. The smallest absolute Gasteiger partial charge is 0.329 e. The Labute approximate surface area is 130 Å². The van der Waals surface area contributed by atoms with Crippen LogP contribution in [0.5, 0.6) is 0 Å². The predicted molar refractivity (Wildman–Crippen MR) is 76.2 cm³/mol.